The summed E-state index contributed by atoms with van der Waals surface area (Å²) in [6.07, 6.45) is 0.166. The average Bonchev–Trinajstić information content (AvgIpc) is 3.06. The molecule has 0 bridgehead atoms. The molecule has 2 aromatic carbocycles. The fourth-order valence-corrected chi connectivity index (χ4v) is 3.09. The molecule has 0 radical (unpaired) electrons. The number of ether oxygens (including phenoxy) is 2. The highest BCUT2D eigenvalue weighted by Gasteiger charge is 2.29. The fraction of sp³-hybridized carbons (Fsp3) is 0.350. The molecule has 1 amide bonds. The third-order valence-corrected chi connectivity index (χ3v) is 4.51. The number of benzene rings is 2. The quantitative estimate of drug-likeness (QED) is 0.877. The molecule has 0 aromatic heterocycles. The number of hydrogen-bond donors (Lipinski definition) is 1. The zero-order chi connectivity index (χ0) is 17.8. The lowest BCUT2D eigenvalue weighted by Crippen LogP contribution is -2.41. The number of para-hydroxylation sites is 1. The van der Waals surface area contributed by atoms with Gasteiger partial charge in [-0.05, 0) is 43.4 Å². The normalized spacial score (nSPS) is 16.9. The van der Waals surface area contributed by atoms with Gasteiger partial charge in [-0.2, -0.15) is 0 Å². The van der Waals surface area contributed by atoms with E-state index in [1.807, 2.05) is 62.6 Å². The molecule has 1 aliphatic rings. The Morgan fingerprint density at radius 2 is 2.08 bits per heavy atom. The van der Waals surface area contributed by atoms with Crippen molar-refractivity contribution in [2.45, 2.75) is 18.6 Å². The number of carbonyl (C=O) groups excluding carboxylic acids is 1. The first-order valence-corrected chi connectivity index (χ1v) is 8.41. The number of methoxy groups -OCH3 is 1. The van der Waals surface area contributed by atoms with Crippen molar-refractivity contribution in [1.29, 1.82) is 0 Å². The molecule has 0 fully saturated rings. The van der Waals surface area contributed by atoms with Crippen molar-refractivity contribution < 1.29 is 14.3 Å². The monoisotopic (exact) mass is 340 g/mol. The minimum absolute atomic E-state index is 0.0582. The summed E-state index contributed by atoms with van der Waals surface area (Å²) in [6, 6.07) is 15.8. The Balaban J connectivity index is 1.63. The van der Waals surface area contributed by atoms with Gasteiger partial charge < -0.3 is 19.7 Å². The lowest BCUT2D eigenvalue weighted by atomic mass is 10.1. The molecule has 3 rings (SSSR count). The van der Waals surface area contributed by atoms with E-state index in [0.29, 0.717) is 13.0 Å². The summed E-state index contributed by atoms with van der Waals surface area (Å²) in [7, 11) is 5.65. The highest BCUT2D eigenvalue weighted by Crippen LogP contribution is 2.28. The Kier molecular flexibility index (Phi) is 5.24. The SMILES string of the molecule is COc1cccc([C@H](CNC(=O)[C@@H]2Cc3ccccc3O2)N(C)C)c1. The van der Waals surface area contributed by atoms with E-state index in [-0.39, 0.29) is 11.9 Å². The van der Waals surface area contributed by atoms with Gasteiger partial charge >= 0.3 is 0 Å². The van der Waals surface area contributed by atoms with Crippen LogP contribution < -0.4 is 14.8 Å². The number of carbonyl (C=O) groups is 1. The van der Waals surface area contributed by atoms with Gasteiger partial charge in [-0.1, -0.05) is 30.3 Å². The lowest BCUT2D eigenvalue weighted by molar-refractivity contribution is -0.127. The Morgan fingerprint density at radius 3 is 2.80 bits per heavy atom. The molecular formula is C20H24N2O3. The smallest absolute Gasteiger partial charge is 0.261 e. The molecule has 1 heterocycles. The van der Waals surface area contributed by atoms with E-state index in [2.05, 4.69) is 10.2 Å². The second kappa shape index (κ2) is 7.57. The first-order valence-electron chi connectivity index (χ1n) is 8.41. The summed E-state index contributed by atoms with van der Waals surface area (Å²) in [6.45, 7) is 0.509. The summed E-state index contributed by atoms with van der Waals surface area (Å²) in [5.74, 6) is 1.54. The van der Waals surface area contributed by atoms with Crippen LogP contribution in [0.25, 0.3) is 0 Å². The number of fused-ring (bicyclic) bond motifs is 1. The zero-order valence-electron chi connectivity index (χ0n) is 14.9. The van der Waals surface area contributed by atoms with E-state index in [1.165, 1.54) is 0 Å². The number of rotatable bonds is 6. The molecule has 0 spiro atoms. The van der Waals surface area contributed by atoms with Crippen LogP contribution in [0.5, 0.6) is 11.5 Å². The summed E-state index contributed by atoms with van der Waals surface area (Å²) < 4.78 is 11.1. The van der Waals surface area contributed by atoms with Crippen molar-refractivity contribution in [3.8, 4) is 11.5 Å². The minimum Gasteiger partial charge on any atom is -0.497 e. The molecule has 0 saturated heterocycles. The van der Waals surface area contributed by atoms with Gasteiger partial charge in [0, 0.05) is 13.0 Å². The van der Waals surface area contributed by atoms with Crippen molar-refractivity contribution in [1.82, 2.24) is 10.2 Å². The zero-order valence-corrected chi connectivity index (χ0v) is 14.9. The van der Waals surface area contributed by atoms with Crippen molar-refractivity contribution in [2.75, 3.05) is 27.7 Å². The van der Waals surface area contributed by atoms with E-state index in [4.69, 9.17) is 9.47 Å². The predicted molar refractivity (Wildman–Crippen MR) is 97.0 cm³/mol. The molecule has 2 atom stereocenters. The summed E-state index contributed by atoms with van der Waals surface area (Å²) in [5, 5.41) is 3.03. The first kappa shape index (κ1) is 17.3. The number of nitrogens with zero attached hydrogens (tertiary/aromatic N) is 1. The number of likely N-dealkylation sites (N-methyl/N-ethyl adjacent to an activating group) is 1. The predicted octanol–water partition coefficient (Wildman–Crippen LogP) is 2.42. The molecule has 0 saturated carbocycles. The van der Waals surface area contributed by atoms with Gasteiger partial charge in [-0.25, -0.2) is 0 Å². The summed E-state index contributed by atoms with van der Waals surface area (Å²) >= 11 is 0. The maximum atomic E-state index is 12.5. The van der Waals surface area contributed by atoms with E-state index in [9.17, 15) is 4.79 Å². The molecule has 5 nitrogen and oxygen atoms in total. The maximum Gasteiger partial charge on any atom is 0.261 e. The molecule has 25 heavy (non-hydrogen) atoms. The van der Waals surface area contributed by atoms with Gasteiger partial charge in [-0.3, -0.25) is 4.79 Å². The Bertz CT molecular complexity index is 720. The molecule has 1 N–H and O–H groups in total. The van der Waals surface area contributed by atoms with Crippen LogP contribution in [-0.2, 0) is 11.2 Å². The number of nitrogens with one attached hydrogen (secondary N) is 1. The van der Waals surface area contributed by atoms with Crippen molar-refractivity contribution in [3.63, 3.8) is 0 Å². The van der Waals surface area contributed by atoms with Gasteiger partial charge in [0.25, 0.3) is 5.91 Å². The lowest BCUT2D eigenvalue weighted by Gasteiger charge is -2.26. The fourth-order valence-electron chi connectivity index (χ4n) is 3.09. The maximum absolute atomic E-state index is 12.5. The van der Waals surface area contributed by atoms with Gasteiger partial charge in [0.05, 0.1) is 13.2 Å². The molecule has 132 valence electrons. The average molecular weight is 340 g/mol. The molecule has 2 aromatic rings. The van der Waals surface area contributed by atoms with Gasteiger partial charge in [0.2, 0.25) is 0 Å². The van der Waals surface area contributed by atoms with Gasteiger partial charge in [0.1, 0.15) is 11.5 Å². The molecule has 0 aliphatic carbocycles. The highest BCUT2D eigenvalue weighted by atomic mass is 16.5. The standard InChI is InChI=1S/C20H24N2O3/c1-22(2)17(14-8-6-9-16(11-14)24-3)13-21-20(23)19-12-15-7-4-5-10-18(15)25-19/h4-11,17,19H,12-13H2,1-3H3,(H,21,23)/t17-,19-/m0/s1. The second-order valence-electron chi connectivity index (χ2n) is 6.42. The first-order chi connectivity index (χ1) is 12.1. The van der Waals surface area contributed by atoms with Crippen molar-refractivity contribution in [3.05, 3.63) is 59.7 Å². The molecule has 5 heteroatoms. The van der Waals surface area contributed by atoms with Crippen LogP contribution >= 0.6 is 0 Å². The summed E-state index contributed by atoms with van der Waals surface area (Å²) in [4.78, 5) is 14.6. The van der Waals surface area contributed by atoms with Crippen molar-refractivity contribution in [2.24, 2.45) is 0 Å². The van der Waals surface area contributed by atoms with Crippen LogP contribution in [0.3, 0.4) is 0 Å². The van der Waals surface area contributed by atoms with E-state index >= 15 is 0 Å². The topological polar surface area (TPSA) is 50.8 Å². The van der Waals surface area contributed by atoms with Crippen molar-refractivity contribution >= 4 is 5.91 Å². The van der Waals surface area contributed by atoms with Gasteiger partial charge in [-0.15, -0.1) is 0 Å². The highest BCUT2D eigenvalue weighted by molar-refractivity contribution is 5.82. The van der Waals surface area contributed by atoms with E-state index in [0.717, 1.165) is 22.6 Å². The minimum atomic E-state index is -0.453. The van der Waals surface area contributed by atoms with Gasteiger partial charge in [0.15, 0.2) is 6.10 Å². The number of hydrogen-bond acceptors (Lipinski definition) is 4. The third kappa shape index (κ3) is 3.94. The molecule has 0 unspecified atom stereocenters. The third-order valence-electron chi connectivity index (χ3n) is 4.51. The van der Waals surface area contributed by atoms with Crippen LogP contribution in [-0.4, -0.2) is 44.7 Å². The largest absolute Gasteiger partial charge is 0.497 e. The van der Waals surface area contributed by atoms with Crippen LogP contribution in [0.1, 0.15) is 17.2 Å². The van der Waals surface area contributed by atoms with Crippen LogP contribution in [0, 0.1) is 0 Å². The van der Waals surface area contributed by atoms with Crippen LogP contribution in [0.15, 0.2) is 48.5 Å². The van der Waals surface area contributed by atoms with Crippen LogP contribution in [0.4, 0.5) is 0 Å². The summed E-state index contributed by atoms with van der Waals surface area (Å²) in [5.41, 5.74) is 2.18. The molecular weight excluding hydrogens is 316 g/mol. The van der Waals surface area contributed by atoms with Crippen LogP contribution in [0.2, 0.25) is 0 Å². The second-order valence-corrected chi connectivity index (χ2v) is 6.42. The Morgan fingerprint density at radius 1 is 1.28 bits per heavy atom. The Labute approximate surface area is 148 Å². The number of amides is 1. The Hall–Kier alpha value is -2.53. The van der Waals surface area contributed by atoms with E-state index < -0.39 is 6.10 Å². The molecule has 1 aliphatic heterocycles. The van der Waals surface area contributed by atoms with E-state index in [1.54, 1.807) is 7.11 Å².